The second-order valence-corrected chi connectivity index (χ2v) is 16.8. The van der Waals surface area contributed by atoms with Gasteiger partial charge in [-0.25, -0.2) is 19.9 Å². The maximum absolute atomic E-state index is 9.07. The van der Waals surface area contributed by atoms with Crippen molar-refractivity contribution < 1.29 is 9.47 Å². The summed E-state index contributed by atoms with van der Waals surface area (Å²) in [5.41, 5.74) is 6.25. The van der Waals surface area contributed by atoms with Crippen molar-refractivity contribution in [2.24, 2.45) is 11.8 Å². The summed E-state index contributed by atoms with van der Waals surface area (Å²) in [5.74, 6) is 4.18. The fourth-order valence-electron chi connectivity index (χ4n) is 8.48. The van der Waals surface area contributed by atoms with Gasteiger partial charge in [0.15, 0.2) is 0 Å². The van der Waals surface area contributed by atoms with Gasteiger partial charge in [-0.15, -0.1) is 0 Å². The van der Waals surface area contributed by atoms with Crippen LogP contribution >= 0.6 is 46.4 Å². The number of halogens is 4. The standard InChI is InChI=1S/2C21H23Cl2N5O.2CH4/c2*1-29-16-4-5-18(22)15(9-16)11-27-12-17-19(13-27)25-21(23)26-20(17)28-8-2-3-14(10-28)6-7-24;;/h2*4-5,9,14H,2-3,6,8,10-13H2,1H3;2*1H4/t2*14-;;/m00../s1. The molecule has 0 spiro atoms. The van der Waals surface area contributed by atoms with E-state index < -0.39 is 0 Å². The summed E-state index contributed by atoms with van der Waals surface area (Å²) in [6, 6.07) is 16.0. The van der Waals surface area contributed by atoms with Gasteiger partial charge in [0.1, 0.15) is 23.1 Å². The van der Waals surface area contributed by atoms with Crippen LogP contribution in [0, 0.1) is 34.5 Å². The van der Waals surface area contributed by atoms with Crippen molar-refractivity contribution in [3.63, 3.8) is 0 Å². The van der Waals surface area contributed by atoms with Gasteiger partial charge in [-0.2, -0.15) is 10.5 Å². The van der Waals surface area contributed by atoms with Gasteiger partial charge in [0.25, 0.3) is 0 Å². The lowest BCUT2D eigenvalue weighted by molar-refractivity contribution is 0.273. The zero-order chi connectivity index (χ0) is 40.8. The molecule has 4 aromatic rings. The fraction of sp³-hybridized carbons (Fsp3) is 0.500. The maximum Gasteiger partial charge on any atom is 0.224 e. The van der Waals surface area contributed by atoms with Crippen molar-refractivity contribution >= 4 is 58.0 Å². The van der Waals surface area contributed by atoms with E-state index in [1.54, 1.807) is 14.2 Å². The largest absolute Gasteiger partial charge is 0.497 e. The Morgan fingerprint density at radius 2 is 1.05 bits per heavy atom. The Morgan fingerprint density at radius 1 is 0.633 bits per heavy atom. The second kappa shape index (κ2) is 21.6. The zero-order valence-corrected chi connectivity index (χ0v) is 35.8. The molecule has 2 aromatic carbocycles. The molecule has 320 valence electrons. The number of nitriles is 2. The highest BCUT2D eigenvalue weighted by atomic mass is 35.5. The molecule has 0 radical (unpaired) electrons. The molecule has 0 amide bonds. The van der Waals surface area contributed by atoms with E-state index >= 15 is 0 Å². The summed E-state index contributed by atoms with van der Waals surface area (Å²) in [7, 11) is 3.31. The molecule has 2 fully saturated rings. The molecular formula is C44H54Cl4N10O2. The molecule has 16 heteroatoms. The number of aromatic nitrogens is 4. The van der Waals surface area contributed by atoms with Crippen LogP contribution in [0.1, 0.15) is 87.0 Å². The Hall–Kier alpha value is -4.14. The van der Waals surface area contributed by atoms with Crippen LogP contribution < -0.4 is 19.3 Å². The first kappa shape index (κ1) is 46.9. The predicted octanol–water partition coefficient (Wildman–Crippen LogP) is 10.1. The van der Waals surface area contributed by atoms with E-state index in [-0.39, 0.29) is 25.4 Å². The van der Waals surface area contributed by atoms with Crippen molar-refractivity contribution in [3.05, 3.63) is 90.7 Å². The van der Waals surface area contributed by atoms with Crippen LogP contribution in [0.15, 0.2) is 36.4 Å². The normalized spacial score (nSPS) is 18.5. The van der Waals surface area contributed by atoms with Gasteiger partial charge in [-0.3, -0.25) is 9.80 Å². The van der Waals surface area contributed by atoms with Crippen LogP contribution in [0.2, 0.25) is 20.6 Å². The number of ether oxygens (including phenoxy) is 2. The highest BCUT2D eigenvalue weighted by molar-refractivity contribution is 6.31. The third-order valence-electron chi connectivity index (χ3n) is 11.3. The van der Waals surface area contributed by atoms with Crippen LogP contribution in [0.4, 0.5) is 11.6 Å². The van der Waals surface area contributed by atoms with E-state index in [0.717, 1.165) is 132 Å². The number of piperidine rings is 2. The number of hydrogen-bond donors (Lipinski definition) is 0. The summed E-state index contributed by atoms with van der Waals surface area (Å²) in [5, 5.41) is 20.1. The average Bonchev–Trinajstić information content (AvgIpc) is 3.82. The number of methoxy groups -OCH3 is 2. The molecule has 0 aliphatic carbocycles. The Balaban J connectivity index is 0.000000220. The minimum Gasteiger partial charge on any atom is -0.497 e. The van der Waals surface area contributed by atoms with E-state index in [9.17, 15) is 0 Å². The summed E-state index contributed by atoms with van der Waals surface area (Å²) in [6.07, 6.45) is 5.46. The third kappa shape index (κ3) is 11.2. The lowest BCUT2D eigenvalue weighted by atomic mass is 9.95. The Morgan fingerprint density at radius 3 is 1.43 bits per heavy atom. The van der Waals surface area contributed by atoms with Crippen LogP contribution in [-0.2, 0) is 39.3 Å². The quantitative estimate of drug-likeness (QED) is 0.140. The van der Waals surface area contributed by atoms with E-state index in [4.69, 9.17) is 66.4 Å². The number of rotatable bonds is 10. The molecule has 2 aromatic heterocycles. The lowest BCUT2D eigenvalue weighted by Gasteiger charge is -2.33. The minimum atomic E-state index is 0. The van der Waals surface area contributed by atoms with Gasteiger partial charge >= 0.3 is 0 Å². The molecule has 2 saturated heterocycles. The summed E-state index contributed by atoms with van der Waals surface area (Å²) < 4.78 is 10.7. The Bertz CT molecular complexity index is 2040. The molecule has 60 heavy (non-hydrogen) atoms. The number of hydrogen-bond acceptors (Lipinski definition) is 12. The molecule has 8 rings (SSSR count). The zero-order valence-electron chi connectivity index (χ0n) is 32.7. The first-order chi connectivity index (χ1) is 28.1. The lowest BCUT2D eigenvalue weighted by Crippen LogP contribution is -2.36. The number of benzene rings is 2. The first-order valence-electron chi connectivity index (χ1n) is 19.6. The third-order valence-corrected chi connectivity index (χ3v) is 12.4. The monoisotopic (exact) mass is 894 g/mol. The van der Waals surface area contributed by atoms with Crippen molar-refractivity contribution in [1.29, 1.82) is 10.5 Å². The summed E-state index contributed by atoms with van der Waals surface area (Å²) in [6.45, 7) is 7.84. The minimum absolute atomic E-state index is 0. The highest BCUT2D eigenvalue weighted by Gasteiger charge is 2.32. The molecular weight excluding hydrogens is 842 g/mol. The maximum atomic E-state index is 9.07. The first-order valence-corrected chi connectivity index (χ1v) is 21.1. The molecule has 4 aliphatic heterocycles. The number of fused-ring (bicyclic) bond motifs is 2. The van der Waals surface area contributed by atoms with Gasteiger partial charge < -0.3 is 19.3 Å². The highest BCUT2D eigenvalue weighted by Crippen LogP contribution is 2.37. The number of anilines is 2. The molecule has 0 bridgehead atoms. The molecule has 0 saturated carbocycles. The molecule has 6 heterocycles. The topological polar surface area (TPSA) is 131 Å². The summed E-state index contributed by atoms with van der Waals surface area (Å²) >= 11 is 25.3. The van der Waals surface area contributed by atoms with Crippen molar-refractivity contribution in [2.75, 3.05) is 50.2 Å². The Kier molecular flexibility index (Phi) is 16.9. The van der Waals surface area contributed by atoms with Crippen molar-refractivity contribution in [3.8, 4) is 23.6 Å². The van der Waals surface area contributed by atoms with Crippen LogP contribution in [0.3, 0.4) is 0 Å². The molecule has 2 atom stereocenters. The van der Waals surface area contributed by atoms with Gasteiger partial charge in [0.05, 0.1) is 37.7 Å². The van der Waals surface area contributed by atoms with E-state index in [1.165, 1.54) is 0 Å². The molecule has 4 aliphatic rings. The van der Waals surface area contributed by atoms with Gasteiger partial charge in [-0.05, 0) is 108 Å². The van der Waals surface area contributed by atoms with E-state index in [1.807, 2.05) is 36.4 Å². The van der Waals surface area contributed by atoms with Gasteiger partial charge in [0.2, 0.25) is 10.6 Å². The smallest absolute Gasteiger partial charge is 0.224 e. The number of nitrogens with zero attached hydrogens (tertiary/aromatic N) is 10. The van der Waals surface area contributed by atoms with Crippen LogP contribution in [-0.4, -0.2) is 70.1 Å². The van der Waals surface area contributed by atoms with Gasteiger partial charge in [0, 0.05) is 99.5 Å². The molecule has 0 N–H and O–H groups in total. The Labute approximate surface area is 374 Å². The fourth-order valence-corrected chi connectivity index (χ4v) is 9.20. The van der Waals surface area contributed by atoms with E-state index in [0.29, 0.717) is 50.9 Å². The second-order valence-electron chi connectivity index (χ2n) is 15.3. The van der Waals surface area contributed by atoms with Gasteiger partial charge in [-0.1, -0.05) is 38.1 Å². The molecule has 12 nitrogen and oxygen atoms in total. The van der Waals surface area contributed by atoms with Crippen molar-refractivity contribution in [2.45, 2.75) is 92.6 Å². The average molecular weight is 897 g/mol. The van der Waals surface area contributed by atoms with Crippen LogP contribution in [0.5, 0.6) is 11.5 Å². The molecule has 0 unspecified atom stereocenters. The van der Waals surface area contributed by atoms with Crippen molar-refractivity contribution in [1.82, 2.24) is 29.7 Å². The predicted molar refractivity (Wildman–Crippen MR) is 240 cm³/mol. The summed E-state index contributed by atoms with van der Waals surface area (Å²) in [4.78, 5) is 27.3. The van der Waals surface area contributed by atoms with E-state index in [2.05, 4.69) is 51.7 Å². The van der Waals surface area contributed by atoms with Crippen LogP contribution in [0.25, 0.3) is 0 Å². The SMILES string of the molecule is C.C.COc1ccc(Cl)c(CN2Cc3nc(Cl)nc(N4CCC[C@@H](CC#N)C4)c3C2)c1.COc1ccc(Cl)c(CN2Cc3nc(Cl)nc(N4CCC[C@@H](CC#N)C4)c3C2)c1.